The summed E-state index contributed by atoms with van der Waals surface area (Å²) in [5.74, 6) is 0. The maximum atomic E-state index is 4.11. The summed E-state index contributed by atoms with van der Waals surface area (Å²) in [5, 5.41) is 2.17. The van der Waals surface area contributed by atoms with Gasteiger partial charge in [-0.2, -0.15) is 0 Å². The molecule has 4 heteroatoms. The molecule has 0 amide bonds. The monoisotopic (exact) mass is 305 g/mol. The van der Waals surface area contributed by atoms with Gasteiger partial charge in [-0.25, -0.2) is 0 Å². The molecule has 12 heavy (non-hydrogen) atoms. The highest BCUT2D eigenvalue weighted by Crippen LogP contribution is 2.31. The number of fused-ring (bicyclic) bond motifs is 1. The minimum absolute atomic E-state index is 0.915. The van der Waals surface area contributed by atoms with Crippen LogP contribution >= 0.6 is 43.2 Å². The third kappa shape index (κ3) is 1.43. The Morgan fingerprint density at radius 2 is 2.25 bits per heavy atom. The molecule has 2 aromatic rings. The van der Waals surface area contributed by atoms with Gasteiger partial charge in [0.1, 0.15) is 0 Å². The lowest BCUT2D eigenvalue weighted by Crippen LogP contribution is -1.69. The molecule has 0 N–H and O–H groups in total. The summed E-state index contributed by atoms with van der Waals surface area (Å²) >= 11 is 8.68. The minimum Gasteiger partial charge on any atom is -0.262 e. The molecular formula is C8H5Br2NS. The lowest BCUT2D eigenvalue weighted by Gasteiger charge is -1.89. The van der Waals surface area contributed by atoms with E-state index >= 15 is 0 Å². The molecule has 62 valence electrons. The molecule has 0 radical (unpaired) electrons. The van der Waals surface area contributed by atoms with Crippen molar-refractivity contribution in [2.24, 2.45) is 0 Å². The maximum absolute atomic E-state index is 4.11. The van der Waals surface area contributed by atoms with Gasteiger partial charge < -0.3 is 0 Å². The fourth-order valence-corrected chi connectivity index (χ4v) is 3.04. The molecule has 0 saturated heterocycles. The molecule has 0 atom stereocenters. The Bertz CT molecular complexity index is 410. The summed E-state index contributed by atoms with van der Waals surface area (Å²) in [5.41, 5.74) is 0. The SMILES string of the molecule is BrCc1cc2c(Br)cncc2s1. The first kappa shape index (κ1) is 8.66. The van der Waals surface area contributed by atoms with Crippen LogP contribution in [-0.4, -0.2) is 4.98 Å². The largest absolute Gasteiger partial charge is 0.262 e. The van der Waals surface area contributed by atoms with E-state index in [0.29, 0.717) is 0 Å². The van der Waals surface area contributed by atoms with E-state index in [9.17, 15) is 0 Å². The van der Waals surface area contributed by atoms with Crippen LogP contribution in [0.1, 0.15) is 4.88 Å². The topological polar surface area (TPSA) is 12.9 Å². The van der Waals surface area contributed by atoms with Crippen LogP contribution in [-0.2, 0) is 5.33 Å². The predicted molar refractivity (Wildman–Crippen MR) is 60.0 cm³/mol. The highest BCUT2D eigenvalue weighted by atomic mass is 79.9. The van der Waals surface area contributed by atoms with Gasteiger partial charge >= 0.3 is 0 Å². The molecule has 2 heterocycles. The van der Waals surface area contributed by atoms with Gasteiger partial charge in [0.15, 0.2) is 0 Å². The van der Waals surface area contributed by atoms with E-state index in [1.54, 1.807) is 11.3 Å². The Labute approximate surface area is 91.1 Å². The second-order valence-corrected chi connectivity index (χ2v) is 4.96. The van der Waals surface area contributed by atoms with Gasteiger partial charge in [0.25, 0.3) is 0 Å². The first-order valence-corrected chi connectivity index (χ1v) is 6.12. The van der Waals surface area contributed by atoms with Gasteiger partial charge in [-0.15, -0.1) is 11.3 Å². The Hall–Kier alpha value is 0.0700. The smallest absolute Gasteiger partial charge is 0.0540 e. The summed E-state index contributed by atoms with van der Waals surface area (Å²) in [6.45, 7) is 0. The van der Waals surface area contributed by atoms with Gasteiger partial charge in [-0.3, -0.25) is 4.98 Å². The quantitative estimate of drug-likeness (QED) is 0.727. The van der Waals surface area contributed by atoms with Crippen LogP contribution in [0.3, 0.4) is 0 Å². The van der Waals surface area contributed by atoms with Gasteiger partial charge in [0, 0.05) is 32.5 Å². The van der Waals surface area contributed by atoms with Crippen molar-refractivity contribution in [2.75, 3.05) is 0 Å². The van der Waals surface area contributed by atoms with Crippen molar-refractivity contribution in [3.63, 3.8) is 0 Å². The van der Waals surface area contributed by atoms with E-state index in [1.165, 1.54) is 15.0 Å². The summed E-state index contributed by atoms with van der Waals surface area (Å²) in [6, 6.07) is 2.18. The minimum atomic E-state index is 0.915. The standard InChI is InChI=1S/C8H5Br2NS/c9-2-5-1-6-7(10)3-11-4-8(6)12-5/h1,3-4H,2H2. The molecular weight excluding hydrogens is 302 g/mol. The molecule has 2 aromatic heterocycles. The Kier molecular flexibility index (Phi) is 2.48. The van der Waals surface area contributed by atoms with Crippen molar-refractivity contribution in [1.29, 1.82) is 0 Å². The summed E-state index contributed by atoms with van der Waals surface area (Å²) < 4.78 is 2.31. The van der Waals surface area contributed by atoms with E-state index in [0.717, 1.165) is 9.80 Å². The zero-order chi connectivity index (χ0) is 8.55. The molecule has 1 nitrogen and oxygen atoms in total. The fourth-order valence-electron chi connectivity index (χ4n) is 1.05. The van der Waals surface area contributed by atoms with Crippen LogP contribution in [0.4, 0.5) is 0 Å². The Morgan fingerprint density at radius 3 is 2.92 bits per heavy atom. The number of alkyl halides is 1. The molecule has 0 bridgehead atoms. The third-order valence-corrected chi connectivity index (χ3v) is 4.26. The number of pyridine rings is 1. The third-order valence-electron chi connectivity index (χ3n) is 1.58. The predicted octanol–water partition coefficient (Wildman–Crippen LogP) is 3.95. The average Bonchev–Trinajstić information content (AvgIpc) is 2.49. The first-order valence-electron chi connectivity index (χ1n) is 3.39. The molecule has 0 aliphatic heterocycles. The second kappa shape index (κ2) is 3.44. The molecule has 0 saturated carbocycles. The maximum Gasteiger partial charge on any atom is 0.0540 e. The lowest BCUT2D eigenvalue weighted by atomic mass is 10.3. The van der Waals surface area contributed by atoms with Crippen molar-refractivity contribution < 1.29 is 0 Å². The highest BCUT2D eigenvalue weighted by molar-refractivity contribution is 9.10. The number of nitrogens with zero attached hydrogens (tertiary/aromatic N) is 1. The molecule has 0 spiro atoms. The zero-order valence-electron chi connectivity index (χ0n) is 6.05. The van der Waals surface area contributed by atoms with Gasteiger partial charge in [0.2, 0.25) is 0 Å². The molecule has 0 aromatic carbocycles. The Morgan fingerprint density at radius 1 is 1.42 bits per heavy atom. The van der Waals surface area contributed by atoms with Crippen LogP contribution in [0.15, 0.2) is 22.9 Å². The van der Waals surface area contributed by atoms with Crippen molar-refractivity contribution in [2.45, 2.75) is 5.33 Å². The van der Waals surface area contributed by atoms with Crippen LogP contribution < -0.4 is 0 Å². The van der Waals surface area contributed by atoms with Crippen molar-refractivity contribution in [1.82, 2.24) is 4.98 Å². The van der Waals surface area contributed by atoms with E-state index in [-0.39, 0.29) is 0 Å². The zero-order valence-corrected chi connectivity index (χ0v) is 10.0. The fraction of sp³-hybridized carbons (Fsp3) is 0.125. The number of aromatic nitrogens is 1. The summed E-state index contributed by atoms with van der Waals surface area (Å²) in [6.07, 6.45) is 3.73. The number of hydrogen-bond donors (Lipinski definition) is 0. The molecule has 0 unspecified atom stereocenters. The van der Waals surface area contributed by atoms with E-state index in [4.69, 9.17) is 0 Å². The first-order chi connectivity index (χ1) is 5.81. The van der Waals surface area contributed by atoms with E-state index in [2.05, 4.69) is 42.9 Å². The van der Waals surface area contributed by atoms with Crippen molar-refractivity contribution in [3.8, 4) is 0 Å². The van der Waals surface area contributed by atoms with E-state index < -0.39 is 0 Å². The average molecular weight is 307 g/mol. The number of hydrogen-bond acceptors (Lipinski definition) is 2. The number of thiophene rings is 1. The van der Waals surface area contributed by atoms with Crippen LogP contribution in [0, 0.1) is 0 Å². The summed E-state index contributed by atoms with van der Waals surface area (Å²) in [7, 11) is 0. The van der Waals surface area contributed by atoms with Crippen LogP contribution in [0.25, 0.3) is 10.1 Å². The molecule has 2 rings (SSSR count). The molecule has 0 aliphatic rings. The van der Waals surface area contributed by atoms with Crippen molar-refractivity contribution in [3.05, 3.63) is 27.8 Å². The molecule has 0 aliphatic carbocycles. The number of rotatable bonds is 1. The van der Waals surface area contributed by atoms with Crippen molar-refractivity contribution >= 4 is 53.3 Å². The number of halogens is 2. The Balaban J connectivity index is 2.74. The highest BCUT2D eigenvalue weighted by Gasteiger charge is 2.03. The van der Waals surface area contributed by atoms with Gasteiger partial charge in [-0.05, 0) is 22.0 Å². The van der Waals surface area contributed by atoms with Crippen LogP contribution in [0.2, 0.25) is 0 Å². The normalized spacial score (nSPS) is 10.8. The lowest BCUT2D eigenvalue weighted by molar-refractivity contribution is 1.36. The second-order valence-electron chi connectivity index (χ2n) is 2.38. The summed E-state index contributed by atoms with van der Waals surface area (Å²) in [4.78, 5) is 5.44. The van der Waals surface area contributed by atoms with Gasteiger partial charge in [0.05, 0.1) is 4.70 Å². The van der Waals surface area contributed by atoms with E-state index in [1.807, 2.05) is 12.4 Å². The van der Waals surface area contributed by atoms with Gasteiger partial charge in [-0.1, -0.05) is 15.9 Å². The molecule has 0 fully saturated rings. The van der Waals surface area contributed by atoms with Crippen LogP contribution in [0.5, 0.6) is 0 Å².